The first-order valence-corrected chi connectivity index (χ1v) is 8.97. The van der Waals surface area contributed by atoms with Crippen LogP contribution in [0, 0.1) is 5.82 Å². The van der Waals surface area contributed by atoms with Crippen LogP contribution >= 0.6 is 23.1 Å². The van der Waals surface area contributed by atoms with Gasteiger partial charge in [-0.05, 0) is 42.0 Å². The summed E-state index contributed by atoms with van der Waals surface area (Å²) in [7, 11) is 0. The molecule has 120 valence electrons. The first kappa shape index (κ1) is 16.0. The van der Waals surface area contributed by atoms with Gasteiger partial charge in [0.15, 0.2) is 0 Å². The van der Waals surface area contributed by atoms with Crippen molar-refractivity contribution in [1.29, 1.82) is 0 Å². The van der Waals surface area contributed by atoms with Crippen molar-refractivity contribution in [3.63, 3.8) is 0 Å². The van der Waals surface area contributed by atoms with Crippen LogP contribution < -0.4 is 5.32 Å². The molecular formula is C16H14FNO3S2. The number of rotatable bonds is 4. The molecule has 2 heterocycles. The summed E-state index contributed by atoms with van der Waals surface area (Å²) in [5, 5.41) is 12.1. The number of halogens is 1. The highest BCUT2D eigenvalue weighted by molar-refractivity contribution is 7.99. The molecule has 1 saturated heterocycles. The summed E-state index contributed by atoms with van der Waals surface area (Å²) < 4.78 is 13.0. The maximum atomic E-state index is 13.0. The molecule has 1 atom stereocenters. The monoisotopic (exact) mass is 351 g/mol. The number of amides is 1. The summed E-state index contributed by atoms with van der Waals surface area (Å²) in [4.78, 5) is 25.1. The molecule has 1 fully saturated rings. The molecule has 3 rings (SSSR count). The predicted molar refractivity (Wildman–Crippen MR) is 89.5 cm³/mol. The summed E-state index contributed by atoms with van der Waals surface area (Å²) in [5.74, 6) is -0.591. The normalized spacial score (nSPS) is 20.4. The molecule has 1 unspecified atom stereocenters. The van der Waals surface area contributed by atoms with Crippen molar-refractivity contribution in [2.75, 3.05) is 11.5 Å². The number of carboxylic acid groups (broad SMARTS) is 1. The molecule has 0 bridgehead atoms. The molecule has 1 aromatic heterocycles. The van der Waals surface area contributed by atoms with E-state index in [2.05, 4.69) is 5.32 Å². The summed E-state index contributed by atoms with van der Waals surface area (Å²) in [6.45, 7) is 0. The second-order valence-corrected chi connectivity index (χ2v) is 7.50. The van der Waals surface area contributed by atoms with Gasteiger partial charge in [-0.1, -0.05) is 12.1 Å². The van der Waals surface area contributed by atoms with Crippen LogP contribution in [-0.2, 0) is 4.79 Å². The Morgan fingerprint density at radius 3 is 2.52 bits per heavy atom. The lowest BCUT2D eigenvalue weighted by Gasteiger charge is -2.24. The zero-order valence-electron chi connectivity index (χ0n) is 12.0. The van der Waals surface area contributed by atoms with Gasteiger partial charge >= 0.3 is 5.97 Å². The van der Waals surface area contributed by atoms with Gasteiger partial charge in [-0.25, -0.2) is 9.18 Å². The average molecular weight is 351 g/mol. The number of hydrogen-bond acceptors (Lipinski definition) is 4. The average Bonchev–Trinajstić information content (AvgIpc) is 3.17. The molecule has 4 nitrogen and oxygen atoms in total. The van der Waals surface area contributed by atoms with Crippen LogP contribution in [0.4, 0.5) is 4.39 Å². The molecule has 1 aromatic carbocycles. The summed E-state index contributed by atoms with van der Waals surface area (Å²) in [5.41, 5.74) is -0.360. The van der Waals surface area contributed by atoms with Crippen molar-refractivity contribution in [3.05, 3.63) is 47.1 Å². The Balaban J connectivity index is 1.78. The van der Waals surface area contributed by atoms with E-state index >= 15 is 0 Å². The lowest BCUT2D eigenvalue weighted by atomic mass is 9.99. The van der Waals surface area contributed by atoms with Crippen LogP contribution in [0.5, 0.6) is 0 Å². The molecular weight excluding hydrogens is 337 g/mol. The molecule has 2 N–H and O–H groups in total. The second kappa shape index (κ2) is 6.33. The van der Waals surface area contributed by atoms with E-state index in [9.17, 15) is 19.1 Å². The van der Waals surface area contributed by atoms with Gasteiger partial charge in [-0.2, -0.15) is 11.8 Å². The largest absolute Gasteiger partial charge is 0.479 e. The fraction of sp³-hybridized carbons (Fsp3) is 0.250. The zero-order chi connectivity index (χ0) is 16.4. The molecule has 0 spiro atoms. The van der Waals surface area contributed by atoms with Gasteiger partial charge in [0.2, 0.25) is 0 Å². The van der Waals surface area contributed by atoms with Gasteiger partial charge in [0.05, 0.1) is 4.88 Å². The molecule has 0 radical (unpaired) electrons. The van der Waals surface area contributed by atoms with Crippen LogP contribution in [0.15, 0.2) is 36.4 Å². The number of thioether (sulfide) groups is 1. The Morgan fingerprint density at radius 1 is 1.17 bits per heavy atom. The molecule has 7 heteroatoms. The first-order valence-electron chi connectivity index (χ1n) is 7.00. The summed E-state index contributed by atoms with van der Waals surface area (Å²) >= 11 is 2.78. The number of benzene rings is 1. The lowest BCUT2D eigenvalue weighted by molar-refractivity contribution is -0.143. The molecule has 23 heavy (non-hydrogen) atoms. The Bertz CT molecular complexity index is 736. The predicted octanol–water partition coefficient (Wildman–Crippen LogP) is 3.24. The van der Waals surface area contributed by atoms with Crippen molar-refractivity contribution in [1.82, 2.24) is 5.32 Å². The number of carbonyl (C=O) groups excluding carboxylic acids is 1. The van der Waals surface area contributed by atoms with Crippen molar-refractivity contribution >= 4 is 35.0 Å². The number of carboxylic acids is 1. The van der Waals surface area contributed by atoms with Gasteiger partial charge in [-0.15, -0.1) is 11.3 Å². The van der Waals surface area contributed by atoms with Crippen molar-refractivity contribution in [2.45, 2.75) is 12.0 Å². The zero-order valence-corrected chi connectivity index (χ0v) is 13.7. The number of aliphatic carboxylic acids is 1. The van der Waals surface area contributed by atoms with E-state index in [-0.39, 0.29) is 11.7 Å². The first-order chi connectivity index (χ1) is 11.0. The quantitative estimate of drug-likeness (QED) is 0.887. The standard InChI is InChI=1S/C16H14FNO3S2/c17-11-3-1-10(2-4-11)12-5-6-13(23-12)14(19)18-16(15(20)21)7-8-22-9-16/h1-6H,7-9H2,(H,18,19)(H,20,21). The third-order valence-electron chi connectivity index (χ3n) is 3.74. The smallest absolute Gasteiger partial charge is 0.330 e. The molecule has 1 aliphatic heterocycles. The maximum absolute atomic E-state index is 13.0. The third-order valence-corrected chi connectivity index (χ3v) is 6.07. The Labute approximate surface area is 140 Å². The van der Waals surface area contributed by atoms with Gasteiger partial charge in [0.1, 0.15) is 11.4 Å². The molecule has 1 amide bonds. The van der Waals surface area contributed by atoms with Crippen LogP contribution in [0.2, 0.25) is 0 Å². The van der Waals surface area contributed by atoms with Gasteiger partial charge < -0.3 is 10.4 Å². The second-order valence-electron chi connectivity index (χ2n) is 5.31. The lowest BCUT2D eigenvalue weighted by Crippen LogP contribution is -2.54. The highest BCUT2D eigenvalue weighted by atomic mass is 32.2. The van der Waals surface area contributed by atoms with E-state index in [1.807, 2.05) is 0 Å². The van der Waals surface area contributed by atoms with E-state index in [1.54, 1.807) is 24.3 Å². The van der Waals surface area contributed by atoms with Gasteiger partial charge in [-0.3, -0.25) is 4.79 Å². The fourth-order valence-corrected chi connectivity index (χ4v) is 4.63. The topological polar surface area (TPSA) is 66.4 Å². The van der Waals surface area contributed by atoms with Crippen LogP contribution in [0.1, 0.15) is 16.1 Å². The van der Waals surface area contributed by atoms with Gasteiger partial charge in [0, 0.05) is 10.6 Å². The van der Waals surface area contributed by atoms with E-state index in [0.717, 1.165) is 16.2 Å². The van der Waals surface area contributed by atoms with Crippen molar-refractivity contribution in [2.24, 2.45) is 0 Å². The van der Waals surface area contributed by atoms with E-state index in [0.29, 0.717) is 17.1 Å². The van der Waals surface area contributed by atoms with Crippen LogP contribution in [-0.4, -0.2) is 34.0 Å². The third kappa shape index (κ3) is 3.25. The van der Waals surface area contributed by atoms with Crippen molar-refractivity contribution in [3.8, 4) is 10.4 Å². The van der Waals surface area contributed by atoms with E-state index in [4.69, 9.17) is 0 Å². The SMILES string of the molecule is O=C(NC1(C(=O)O)CCSC1)c1ccc(-c2ccc(F)cc2)s1. The van der Waals surface area contributed by atoms with Gasteiger partial charge in [0.25, 0.3) is 5.91 Å². The van der Waals surface area contributed by atoms with E-state index in [1.165, 1.54) is 35.2 Å². The fourth-order valence-electron chi connectivity index (χ4n) is 2.39. The number of hydrogen-bond donors (Lipinski definition) is 2. The Kier molecular flexibility index (Phi) is 4.41. The summed E-state index contributed by atoms with van der Waals surface area (Å²) in [6, 6.07) is 9.47. The van der Waals surface area contributed by atoms with Crippen LogP contribution in [0.3, 0.4) is 0 Å². The summed E-state index contributed by atoms with van der Waals surface area (Å²) in [6.07, 6.45) is 0.426. The Hall–Kier alpha value is -1.86. The van der Waals surface area contributed by atoms with Crippen LogP contribution in [0.25, 0.3) is 10.4 Å². The Morgan fingerprint density at radius 2 is 1.91 bits per heavy atom. The van der Waals surface area contributed by atoms with Crippen molar-refractivity contribution < 1.29 is 19.1 Å². The minimum absolute atomic E-state index is 0.314. The highest BCUT2D eigenvalue weighted by Crippen LogP contribution is 2.31. The highest BCUT2D eigenvalue weighted by Gasteiger charge is 2.43. The number of carbonyl (C=O) groups is 2. The number of thiophene rings is 1. The van der Waals surface area contributed by atoms with E-state index < -0.39 is 11.5 Å². The minimum atomic E-state index is -1.18. The molecule has 0 aliphatic carbocycles. The molecule has 2 aromatic rings. The maximum Gasteiger partial charge on any atom is 0.330 e. The molecule has 0 saturated carbocycles. The minimum Gasteiger partial charge on any atom is -0.479 e. The molecule has 1 aliphatic rings. The number of nitrogens with one attached hydrogen (secondary N) is 1.